The molecule has 8 heteroatoms. The Morgan fingerprint density at radius 2 is 1.92 bits per heavy atom. The Morgan fingerprint density at radius 3 is 2.58 bits per heavy atom. The summed E-state index contributed by atoms with van der Waals surface area (Å²) >= 11 is 6.05. The number of nitrogens with zero attached hydrogens (tertiary/aromatic N) is 1. The molecule has 6 nitrogen and oxygen atoms in total. The average Bonchev–Trinajstić information content (AvgIpc) is 3.13. The van der Waals surface area contributed by atoms with E-state index in [1.165, 1.54) is 17.0 Å². The van der Waals surface area contributed by atoms with Gasteiger partial charge >= 0.3 is 6.09 Å². The highest BCUT2D eigenvalue weighted by molar-refractivity contribution is 6.30. The number of likely N-dealkylation sites (tertiary alicyclic amines) is 1. The summed E-state index contributed by atoms with van der Waals surface area (Å²) in [5.74, 6) is -0.612. The van der Waals surface area contributed by atoms with Crippen LogP contribution in [0.5, 0.6) is 0 Å². The van der Waals surface area contributed by atoms with Gasteiger partial charge in [0.05, 0.1) is 12.0 Å². The predicted molar refractivity (Wildman–Crippen MR) is 144 cm³/mol. The summed E-state index contributed by atoms with van der Waals surface area (Å²) in [7, 11) is 0. The summed E-state index contributed by atoms with van der Waals surface area (Å²) in [6, 6.07) is 11.7. The van der Waals surface area contributed by atoms with Crippen molar-refractivity contribution in [3.8, 4) is 11.1 Å². The zero-order valence-electron chi connectivity index (χ0n) is 22.6. The van der Waals surface area contributed by atoms with Gasteiger partial charge in [-0.3, -0.25) is 4.79 Å². The van der Waals surface area contributed by atoms with Gasteiger partial charge in [-0.15, -0.1) is 0 Å². The highest BCUT2D eigenvalue weighted by atomic mass is 35.5. The second-order valence-corrected chi connectivity index (χ2v) is 12.0. The maximum atomic E-state index is 14.3. The highest BCUT2D eigenvalue weighted by Crippen LogP contribution is 2.40. The van der Waals surface area contributed by atoms with E-state index in [1.807, 2.05) is 31.2 Å². The summed E-state index contributed by atoms with van der Waals surface area (Å²) in [5.41, 5.74) is 0.622. The summed E-state index contributed by atoms with van der Waals surface area (Å²) in [6.07, 6.45) is 3.60. The van der Waals surface area contributed by atoms with Gasteiger partial charge in [0.15, 0.2) is 6.29 Å². The third-order valence-electron chi connectivity index (χ3n) is 7.06. The zero-order valence-corrected chi connectivity index (χ0v) is 23.4. The van der Waals surface area contributed by atoms with Gasteiger partial charge in [-0.1, -0.05) is 35.9 Å². The van der Waals surface area contributed by atoms with E-state index in [2.05, 4.69) is 0 Å². The summed E-state index contributed by atoms with van der Waals surface area (Å²) < 4.78 is 31.5. The van der Waals surface area contributed by atoms with Gasteiger partial charge in [0, 0.05) is 23.2 Å². The van der Waals surface area contributed by atoms with E-state index in [-0.39, 0.29) is 30.7 Å². The van der Waals surface area contributed by atoms with Crippen LogP contribution in [0.3, 0.4) is 0 Å². The Kier molecular flexibility index (Phi) is 8.80. The molecule has 4 rings (SSSR count). The fraction of sp³-hybridized carbons (Fsp3) is 0.533. The first-order valence-electron chi connectivity index (χ1n) is 13.3. The minimum Gasteiger partial charge on any atom is -0.443 e. The molecule has 0 saturated carbocycles. The van der Waals surface area contributed by atoms with Crippen LogP contribution in [0.1, 0.15) is 65.4 Å². The minimum atomic E-state index is -0.851. The van der Waals surface area contributed by atoms with Crippen molar-refractivity contribution in [1.29, 1.82) is 0 Å². The van der Waals surface area contributed by atoms with Crippen molar-refractivity contribution < 1.29 is 28.2 Å². The molecule has 2 amide bonds. The van der Waals surface area contributed by atoms with Gasteiger partial charge in [-0.25, -0.2) is 14.1 Å². The first kappa shape index (κ1) is 28.5. The number of halogens is 2. The van der Waals surface area contributed by atoms with Crippen LogP contribution in [0.15, 0.2) is 42.5 Å². The van der Waals surface area contributed by atoms with E-state index in [0.29, 0.717) is 36.5 Å². The van der Waals surface area contributed by atoms with Crippen LogP contribution in [0.2, 0.25) is 5.02 Å². The number of rotatable bonds is 7. The van der Waals surface area contributed by atoms with Crippen LogP contribution in [-0.2, 0) is 25.4 Å². The van der Waals surface area contributed by atoms with E-state index in [1.54, 1.807) is 26.8 Å². The van der Waals surface area contributed by atoms with Crippen molar-refractivity contribution >= 4 is 23.6 Å². The molecule has 38 heavy (non-hydrogen) atoms. The molecule has 3 atom stereocenters. The smallest absolute Gasteiger partial charge is 0.417 e. The minimum absolute atomic E-state index is 0.187. The number of hydrogen-bond acceptors (Lipinski definition) is 5. The first-order valence-corrected chi connectivity index (χ1v) is 13.7. The molecule has 2 aromatic carbocycles. The maximum absolute atomic E-state index is 14.3. The molecule has 2 fully saturated rings. The fourth-order valence-electron chi connectivity index (χ4n) is 5.07. The van der Waals surface area contributed by atoms with Gasteiger partial charge in [-0.05, 0) is 95.5 Å². The number of carbonyl (C=O) groups is 2. The van der Waals surface area contributed by atoms with Gasteiger partial charge < -0.3 is 14.2 Å². The van der Waals surface area contributed by atoms with Crippen LogP contribution in [0, 0.1) is 11.2 Å². The Balaban J connectivity index is 1.46. The van der Waals surface area contributed by atoms with Crippen LogP contribution in [-0.4, -0.2) is 48.0 Å². The number of carbonyl (C=O) groups excluding carboxylic acids is 2. The van der Waals surface area contributed by atoms with Crippen LogP contribution >= 0.6 is 11.6 Å². The van der Waals surface area contributed by atoms with E-state index >= 15 is 0 Å². The SMILES string of the molecule is CC(C)(C)OC(=O)N1C(=O)[C@](C)(COC2CCCCO2)C[C@H]1CCc1ccc(-c2cc(Cl)ccc2F)cc1. The number of aryl methyl sites for hydroxylation is 1. The molecule has 0 spiro atoms. The average molecular weight is 546 g/mol. The van der Waals surface area contributed by atoms with Crippen LogP contribution in [0.25, 0.3) is 11.1 Å². The summed E-state index contributed by atoms with van der Waals surface area (Å²) in [5, 5.41) is 0.473. The summed E-state index contributed by atoms with van der Waals surface area (Å²) in [4.78, 5) is 28.0. The number of amides is 2. The Morgan fingerprint density at radius 1 is 1.18 bits per heavy atom. The lowest BCUT2D eigenvalue weighted by atomic mass is 9.87. The van der Waals surface area contributed by atoms with Crippen molar-refractivity contribution in [2.24, 2.45) is 5.41 Å². The lowest BCUT2D eigenvalue weighted by Gasteiger charge is -2.29. The van der Waals surface area contributed by atoms with E-state index in [9.17, 15) is 14.0 Å². The highest BCUT2D eigenvalue weighted by Gasteiger charge is 2.52. The quantitative estimate of drug-likeness (QED) is 0.369. The van der Waals surface area contributed by atoms with Gasteiger partial charge in [0.2, 0.25) is 5.91 Å². The lowest BCUT2D eigenvalue weighted by molar-refractivity contribution is -0.179. The molecule has 0 aromatic heterocycles. The molecular weight excluding hydrogens is 509 g/mol. The monoisotopic (exact) mass is 545 g/mol. The topological polar surface area (TPSA) is 65.1 Å². The normalized spacial score (nSPS) is 24.1. The standard InChI is InChI=1S/C30H37ClFNO5/c1-29(2,3)38-28(35)33-23(18-30(4,27(33)34)19-37-26-7-5-6-16-36-26)14-10-20-8-11-21(12-9-20)24-17-22(31)13-15-25(24)32/h8-9,11-13,15,17,23,26H,5-7,10,14,16,18-19H2,1-4H3/t23-,26?,30+/m1/s1. The molecule has 2 aliphatic rings. The van der Waals surface area contributed by atoms with E-state index in [4.69, 9.17) is 25.8 Å². The molecule has 0 N–H and O–H groups in total. The number of benzene rings is 2. The summed E-state index contributed by atoms with van der Waals surface area (Å²) in [6.45, 7) is 8.05. The van der Waals surface area contributed by atoms with E-state index < -0.39 is 17.1 Å². The molecule has 2 heterocycles. The molecular formula is C30H37ClFNO5. The van der Waals surface area contributed by atoms with Crippen molar-refractivity contribution in [2.75, 3.05) is 13.2 Å². The number of hydrogen-bond donors (Lipinski definition) is 0. The lowest BCUT2D eigenvalue weighted by Crippen LogP contribution is -2.45. The zero-order chi connectivity index (χ0) is 27.5. The third-order valence-corrected chi connectivity index (χ3v) is 7.30. The molecule has 2 saturated heterocycles. The van der Waals surface area contributed by atoms with Gasteiger partial charge in [-0.2, -0.15) is 0 Å². The second kappa shape index (κ2) is 11.7. The molecule has 2 aromatic rings. The largest absolute Gasteiger partial charge is 0.443 e. The molecule has 0 bridgehead atoms. The number of imide groups is 1. The molecule has 1 unspecified atom stereocenters. The van der Waals surface area contributed by atoms with Gasteiger partial charge in [0.25, 0.3) is 0 Å². The maximum Gasteiger partial charge on any atom is 0.417 e. The fourth-order valence-corrected chi connectivity index (χ4v) is 5.24. The molecule has 0 radical (unpaired) electrons. The van der Waals surface area contributed by atoms with Crippen molar-refractivity contribution in [1.82, 2.24) is 4.90 Å². The molecule has 0 aliphatic carbocycles. The number of ether oxygens (including phenoxy) is 3. The molecule has 2 aliphatic heterocycles. The third kappa shape index (κ3) is 6.93. The Hall–Kier alpha value is -2.48. The Bertz CT molecular complexity index is 1140. The predicted octanol–water partition coefficient (Wildman–Crippen LogP) is 7.16. The van der Waals surface area contributed by atoms with Crippen LogP contribution < -0.4 is 0 Å². The van der Waals surface area contributed by atoms with Crippen molar-refractivity contribution in [3.05, 3.63) is 58.9 Å². The second-order valence-electron chi connectivity index (χ2n) is 11.5. The molecule has 206 valence electrons. The Labute approximate surface area is 229 Å². The first-order chi connectivity index (χ1) is 17.9. The van der Waals surface area contributed by atoms with Crippen molar-refractivity contribution in [3.63, 3.8) is 0 Å². The van der Waals surface area contributed by atoms with Crippen molar-refractivity contribution in [2.45, 2.75) is 84.2 Å². The van der Waals surface area contributed by atoms with E-state index in [0.717, 1.165) is 30.4 Å². The van der Waals surface area contributed by atoms with Gasteiger partial charge in [0.1, 0.15) is 11.4 Å². The van der Waals surface area contributed by atoms with Crippen LogP contribution in [0.4, 0.5) is 9.18 Å².